The Hall–Kier alpha value is -2.20. The number of nitrogens with one attached hydrogen (secondary N) is 1. The molecule has 19 heavy (non-hydrogen) atoms. The van der Waals surface area contributed by atoms with Crippen molar-refractivity contribution in [2.75, 3.05) is 0 Å². The molecule has 0 fully saturated rings. The molecule has 5 heteroatoms. The Morgan fingerprint density at radius 3 is 2.95 bits per heavy atom. The maximum absolute atomic E-state index is 13.4. The molecule has 0 aliphatic carbocycles. The number of benzene rings is 1. The fourth-order valence-electron chi connectivity index (χ4n) is 1.94. The van der Waals surface area contributed by atoms with Gasteiger partial charge >= 0.3 is 0 Å². The van der Waals surface area contributed by atoms with E-state index in [4.69, 9.17) is 11.6 Å². The van der Waals surface area contributed by atoms with Gasteiger partial charge < -0.3 is 4.98 Å². The van der Waals surface area contributed by atoms with Gasteiger partial charge in [-0.25, -0.2) is 9.37 Å². The fraction of sp³-hybridized carbons (Fsp3) is 0. The Morgan fingerprint density at radius 2 is 2.16 bits per heavy atom. The van der Waals surface area contributed by atoms with Crippen LogP contribution in [0, 0.1) is 5.82 Å². The first-order valence-electron chi connectivity index (χ1n) is 5.58. The molecule has 1 aromatic carbocycles. The Kier molecular flexibility index (Phi) is 2.80. The average molecular weight is 275 g/mol. The summed E-state index contributed by atoms with van der Waals surface area (Å²) in [5.41, 5.74) is 1.34. The molecule has 94 valence electrons. The molecule has 0 atom stereocenters. The lowest BCUT2D eigenvalue weighted by Gasteiger charge is -2.01. The highest BCUT2D eigenvalue weighted by molar-refractivity contribution is 6.31. The standard InChI is InChI=1S/C14H8ClFN2O/c15-11-4-3-8(6-12(11)16)13(19)10-7-18-14-9(10)2-1-5-17-14/h1-7H,(H,17,18). The molecule has 2 heterocycles. The Bertz CT molecular complexity index is 782. The van der Waals surface area contributed by atoms with Crippen LogP contribution < -0.4 is 0 Å². The average Bonchev–Trinajstić information content (AvgIpc) is 2.85. The van der Waals surface area contributed by atoms with Gasteiger partial charge in [-0.15, -0.1) is 0 Å². The smallest absolute Gasteiger partial charge is 0.195 e. The number of aromatic nitrogens is 2. The van der Waals surface area contributed by atoms with Crippen LogP contribution in [0.25, 0.3) is 11.0 Å². The van der Waals surface area contributed by atoms with E-state index in [1.165, 1.54) is 12.1 Å². The molecule has 0 saturated carbocycles. The predicted octanol–water partition coefficient (Wildman–Crippen LogP) is 3.59. The highest BCUT2D eigenvalue weighted by Crippen LogP contribution is 2.22. The van der Waals surface area contributed by atoms with Crippen molar-refractivity contribution >= 4 is 28.4 Å². The highest BCUT2D eigenvalue weighted by Gasteiger charge is 2.15. The molecular formula is C14H8ClFN2O. The summed E-state index contributed by atoms with van der Waals surface area (Å²) in [5, 5.41) is 0.708. The normalized spacial score (nSPS) is 10.8. The van der Waals surface area contributed by atoms with E-state index >= 15 is 0 Å². The van der Waals surface area contributed by atoms with Crippen LogP contribution in [0.2, 0.25) is 5.02 Å². The second kappa shape index (κ2) is 4.48. The number of halogens is 2. The van der Waals surface area contributed by atoms with Crippen molar-refractivity contribution in [2.24, 2.45) is 0 Å². The van der Waals surface area contributed by atoms with Crippen molar-refractivity contribution < 1.29 is 9.18 Å². The number of H-pyrrole nitrogens is 1. The molecule has 0 spiro atoms. The Morgan fingerprint density at radius 1 is 1.32 bits per heavy atom. The van der Waals surface area contributed by atoms with Gasteiger partial charge in [0, 0.05) is 28.9 Å². The molecule has 3 rings (SSSR count). The van der Waals surface area contributed by atoms with Crippen molar-refractivity contribution in [1.29, 1.82) is 0 Å². The van der Waals surface area contributed by atoms with Gasteiger partial charge in [-0.1, -0.05) is 11.6 Å². The SMILES string of the molecule is O=C(c1ccc(Cl)c(F)c1)c1c[nH]c2ncccc12. The van der Waals surface area contributed by atoms with Crippen molar-refractivity contribution in [3.8, 4) is 0 Å². The van der Waals surface area contributed by atoms with E-state index < -0.39 is 5.82 Å². The minimum absolute atomic E-state index is 0.00265. The van der Waals surface area contributed by atoms with Crippen LogP contribution in [-0.2, 0) is 0 Å². The van der Waals surface area contributed by atoms with E-state index in [9.17, 15) is 9.18 Å². The maximum Gasteiger partial charge on any atom is 0.195 e. The lowest BCUT2D eigenvalue weighted by molar-refractivity contribution is 0.104. The van der Waals surface area contributed by atoms with Crippen LogP contribution in [0.5, 0.6) is 0 Å². The zero-order chi connectivity index (χ0) is 13.4. The quantitative estimate of drug-likeness (QED) is 0.726. The predicted molar refractivity (Wildman–Crippen MR) is 70.9 cm³/mol. The number of carbonyl (C=O) groups is 1. The van der Waals surface area contributed by atoms with Crippen LogP contribution in [0.4, 0.5) is 4.39 Å². The van der Waals surface area contributed by atoms with Crippen molar-refractivity contribution in [3.05, 3.63) is 64.7 Å². The zero-order valence-corrected chi connectivity index (χ0v) is 10.4. The van der Waals surface area contributed by atoms with E-state index in [0.717, 1.165) is 6.07 Å². The first kappa shape index (κ1) is 11.9. The number of nitrogens with zero attached hydrogens (tertiary/aromatic N) is 1. The van der Waals surface area contributed by atoms with Crippen LogP contribution in [0.3, 0.4) is 0 Å². The number of hydrogen-bond acceptors (Lipinski definition) is 2. The summed E-state index contributed by atoms with van der Waals surface area (Å²) in [4.78, 5) is 19.3. The molecule has 1 N–H and O–H groups in total. The molecule has 0 radical (unpaired) electrons. The molecule has 3 aromatic rings. The summed E-state index contributed by atoms with van der Waals surface area (Å²) < 4.78 is 13.4. The van der Waals surface area contributed by atoms with Crippen molar-refractivity contribution in [2.45, 2.75) is 0 Å². The second-order valence-corrected chi connectivity index (χ2v) is 4.47. The van der Waals surface area contributed by atoms with Crippen LogP contribution in [0.15, 0.2) is 42.7 Å². The number of carbonyl (C=O) groups excluding carboxylic acids is 1. The topological polar surface area (TPSA) is 45.8 Å². The van der Waals surface area contributed by atoms with Gasteiger partial charge in [0.25, 0.3) is 0 Å². The monoisotopic (exact) mass is 274 g/mol. The van der Waals surface area contributed by atoms with E-state index in [2.05, 4.69) is 9.97 Å². The van der Waals surface area contributed by atoms with Crippen molar-refractivity contribution in [1.82, 2.24) is 9.97 Å². The van der Waals surface area contributed by atoms with Gasteiger partial charge in [-0.2, -0.15) is 0 Å². The molecule has 0 aliphatic heterocycles. The number of aromatic amines is 1. The van der Waals surface area contributed by atoms with Gasteiger partial charge in [0.1, 0.15) is 11.5 Å². The summed E-state index contributed by atoms with van der Waals surface area (Å²) in [6.45, 7) is 0. The number of ketones is 1. The zero-order valence-electron chi connectivity index (χ0n) is 9.65. The van der Waals surface area contributed by atoms with Crippen LogP contribution in [0.1, 0.15) is 15.9 Å². The Balaban J connectivity index is 2.11. The first-order chi connectivity index (χ1) is 9.16. The first-order valence-corrected chi connectivity index (χ1v) is 5.96. The molecule has 0 amide bonds. The van der Waals surface area contributed by atoms with Gasteiger partial charge in [-0.05, 0) is 30.3 Å². The molecule has 3 nitrogen and oxygen atoms in total. The lowest BCUT2D eigenvalue weighted by atomic mass is 10.0. The third-order valence-electron chi connectivity index (χ3n) is 2.88. The Labute approximate surface area is 113 Å². The molecule has 0 bridgehead atoms. The van der Waals surface area contributed by atoms with Crippen molar-refractivity contribution in [3.63, 3.8) is 0 Å². The molecular weight excluding hydrogens is 267 g/mol. The number of fused-ring (bicyclic) bond motifs is 1. The van der Waals surface area contributed by atoms with E-state index in [0.29, 0.717) is 16.6 Å². The largest absolute Gasteiger partial charge is 0.345 e. The number of rotatable bonds is 2. The highest BCUT2D eigenvalue weighted by atomic mass is 35.5. The summed E-state index contributed by atoms with van der Waals surface area (Å²) in [7, 11) is 0. The molecule has 0 unspecified atom stereocenters. The van der Waals surface area contributed by atoms with E-state index in [1.54, 1.807) is 24.5 Å². The molecule has 0 aliphatic rings. The second-order valence-electron chi connectivity index (χ2n) is 4.06. The van der Waals surface area contributed by atoms with Gasteiger partial charge in [0.15, 0.2) is 5.78 Å². The third kappa shape index (κ3) is 2.00. The summed E-state index contributed by atoms with van der Waals surface area (Å²) in [6.07, 6.45) is 3.21. The number of hydrogen-bond donors (Lipinski definition) is 1. The fourth-order valence-corrected chi connectivity index (χ4v) is 2.05. The van der Waals surface area contributed by atoms with Crippen LogP contribution >= 0.6 is 11.6 Å². The summed E-state index contributed by atoms with van der Waals surface area (Å²) >= 11 is 5.60. The van der Waals surface area contributed by atoms with E-state index in [-0.39, 0.29) is 16.4 Å². The maximum atomic E-state index is 13.4. The number of pyridine rings is 1. The summed E-state index contributed by atoms with van der Waals surface area (Å²) in [5.74, 6) is -0.875. The minimum Gasteiger partial charge on any atom is -0.345 e. The molecule has 2 aromatic heterocycles. The van der Waals surface area contributed by atoms with Gasteiger partial charge in [0.05, 0.1) is 5.02 Å². The summed E-state index contributed by atoms with van der Waals surface area (Å²) in [6, 6.07) is 7.55. The van der Waals surface area contributed by atoms with E-state index in [1.807, 2.05) is 0 Å². The van der Waals surface area contributed by atoms with Crippen LogP contribution in [-0.4, -0.2) is 15.8 Å². The third-order valence-corrected chi connectivity index (χ3v) is 3.18. The van der Waals surface area contributed by atoms with Gasteiger partial charge in [-0.3, -0.25) is 4.79 Å². The lowest BCUT2D eigenvalue weighted by Crippen LogP contribution is -2.01. The minimum atomic E-state index is -0.606. The molecule has 0 saturated heterocycles. The van der Waals surface area contributed by atoms with Gasteiger partial charge in [0.2, 0.25) is 0 Å².